The second-order valence-corrected chi connectivity index (χ2v) is 6.91. The average molecular weight is 294 g/mol. The number of carbonyl (C=O) groups is 1. The molecule has 1 fully saturated rings. The summed E-state index contributed by atoms with van der Waals surface area (Å²) in [6.45, 7) is 5.20. The van der Waals surface area contributed by atoms with Crippen molar-refractivity contribution in [3.8, 4) is 0 Å². The maximum Gasteiger partial charge on any atom is 0.401 e. The average Bonchev–Trinajstić information content (AvgIpc) is 2.47. The summed E-state index contributed by atoms with van der Waals surface area (Å²) < 4.78 is 37.2. The van der Waals surface area contributed by atoms with Crippen molar-refractivity contribution >= 4 is 5.91 Å². The SMILES string of the molecule is CC(C)(C)C1CCCC(NCC(F)(F)F)(C(N)=O)CC1. The van der Waals surface area contributed by atoms with Gasteiger partial charge in [-0.25, -0.2) is 0 Å². The first-order valence-electron chi connectivity index (χ1n) is 7.08. The lowest BCUT2D eigenvalue weighted by Crippen LogP contribution is -2.57. The van der Waals surface area contributed by atoms with Gasteiger partial charge in [0.2, 0.25) is 5.91 Å². The van der Waals surface area contributed by atoms with Gasteiger partial charge in [-0.15, -0.1) is 0 Å². The van der Waals surface area contributed by atoms with Gasteiger partial charge < -0.3 is 5.73 Å². The zero-order chi connectivity index (χ0) is 15.6. The predicted octanol–water partition coefficient (Wildman–Crippen LogP) is 2.99. The van der Waals surface area contributed by atoms with Gasteiger partial charge in [0.1, 0.15) is 0 Å². The Bertz CT molecular complexity index is 349. The summed E-state index contributed by atoms with van der Waals surface area (Å²) in [5, 5.41) is 2.39. The number of nitrogens with one attached hydrogen (secondary N) is 1. The molecule has 0 aromatic heterocycles. The summed E-state index contributed by atoms with van der Waals surface area (Å²) in [5.74, 6) is -0.271. The molecule has 20 heavy (non-hydrogen) atoms. The van der Waals surface area contributed by atoms with Crippen molar-refractivity contribution in [3.05, 3.63) is 0 Å². The van der Waals surface area contributed by atoms with Gasteiger partial charge in [0.25, 0.3) is 0 Å². The Labute approximate surface area is 118 Å². The molecule has 0 aliphatic heterocycles. The van der Waals surface area contributed by atoms with Crippen LogP contribution in [0.4, 0.5) is 13.2 Å². The lowest BCUT2D eigenvalue weighted by atomic mass is 9.76. The Morgan fingerprint density at radius 2 is 1.85 bits per heavy atom. The Kier molecular flexibility index (Phi) is 5.11. The minimum atomic E-state index is -4.34. The van der Waals surface area contributed by atoms with Crippen molar-refractivity contribution in [1.29, 1.82) is 0 Å². The topological polar surface area (TPSA) is 55.1 Å². The van der Waals surface area contributed by atoms with E-state index in [0.29, 0.717) is 18.8 Å². The van der Waals surface area contributed by atoms with Gasteiger partial charge in [-0.1, -0.05) is 27.2 Å². The van der Waals surface area contributed by atoms with E-state index in [1.165, 1.54) is 0 Å². The molecule has 3 nitrogen and oxygen atoms in total. The molecule has 1 amide bonds. The summed E-state index contributed by atoms with van der Waals surface area (Å²) in [6, 6.07) is 0. The van der Waals surface area contributed by atoms with E-state index in [-0.39, 0.29) is 5.41 Å². The number of rotatable bonds is 3. The van der Waals surface area contributed by atoms with Crippen molar-refractivity contribution in [2.75, 3.05) is 6.54 Å². The van der Waals surface area contributed by atoms with Crippen molar-refractivity contribution < 1.29 is 18.0 Å². The van der Waals surface area contributed by atoms with Crippen LogP contribution in [0.2, 0.25) is 0 Å². The number of hydrogen-bond donors (Lipinski definition) is 2. The van der Waals surface area contributed by atoms with Gasteiger partial charge in [-0.05, 0) is 37.0 Å². The monoisotopic (exact) mass is 294 g/mol. The number of nitrogens with two attached hydrogens (primary N) is 1. The van der Waals surface area contributed by atoms with Gasteiger partial charge in [-0.3, -0.25) is 10.1 Å². The van der Waals surface area contributed by atoms with Gasteiger partial charge in [-0.2, -0.15) is 13.2 Å². The van der Waals surface area contributed by atoms with Crippen LogP contribution in [0.5, 0.6) is 0 Å². The van der Waals surface area contributed by atoms with E-state index in [2.05, 4.69) is 26.1 Å². The van der Waals surface area contributed by atoms with Gasteiger partial charge in [0.05, 0.1) is 12.1 Å². The van der Waals surface area contributed by atoms with Crippen molar-refractivity contribution in [2.45, 2.75) is 64.6 Å². The molecule has 2 atom stereocenters. The lowest BCUT2D eigenvalue weighted by molar-refractivity contribution is -0.136. The highest BCUT2D eigenvalue weighted by Gasteiger charge is 2.42. The van der Waals surface area contributed by atoms with Crippen LogP contribution in [0.25, 0.3) is 0 Å². The van der Waals surface area contributed by atoms with E-state index in [9.17, 15) is 18.0 Å². The van der Waals surface area contributed by atoms with Crippen LogP contribution in [0.1, 0.15) is 52.9 Å². The van der Waals surface area contributed by atoms with E-state index in [1.807, 2.05) is 0 Å². The fourth-order valence-electron chi connectivity index (χ4n) is 2.99. The number of hydrogen-bond acceptors (Lipinski definition) is 2. The lowest BCUT2D eigenvalue weighted by Gasteiger charge is -2.33. The predicted molar refractivity (Wildman–Crippen MR) is 72.0 cm³/mol. The van der Waals surface area contributed by atoms with Crippen LogP contribution in [-0.2, 0) is 4.79 Å². The first kappa shape index (κ1) is 17.3. The summed E-state index contributed by atoms with van der Waals surface area (Å²) >= 11 is 0. The molecule has 0 heterocycles. The maximum atomic E-state index is 12.4. The van der Waals surface area contributed by atoms with Crippen LogP contribution in [0.15, 0.2) is 0 Å². The second-order valence-electron chi connectivity index (χ2n) is 6.91. The summed E-state index contributed by atoms with van der Waals surface area (Å²) in [4.78, 5) is 11.7. The number of halogens is 3. The molecule has 118 valence electrons. The number of alkyl halides is 3. The number of carbonyl (C=O) groups excluding carboxylic acids is 1. The molecule has 0 spiro atoms. The number of amides is 1. The summed E-state index contributed by atoms with van der Waals surface area (Å²) in [5.41, 5.74) is 4.27. The molecule has 2 unspecified atom stereocenters. The third kappa shape index (κ3) is 4.65. The van der Waals surface area contributed by atoms with Gasteiger partial charge in [0.15, 0.2) is 0 Å². The third-order valence-electron chi connectivity index (χ3n) is 4.40. The van der Waals surface area contributed by atoms with E-state index in [4.69, 9.17) is 5.73 Å². The van der Waals surface area contributed by atoms with Crippen LogP contribution in [0, 0.1) is 11.3 Å². The first-order chi connectivity index (χ1) is 8.96. The molecule has 3 N–H and O–H groups in total. The standard InChI is InChI=1S/C14H25F3N2O/c1-12(2,3)10-5-4-7-13(8-6-10,11(18)20)19-9-14(15,16)17/h10,19H,4-9H2,1-3H3,(H2,18,20). The molecule has 1 saturated carbocycles. The molecule has 1 aliphatic carbocycles. The van der Waals surface area contributed by atoms with E-state index >= 15 is 0 Å². The quantitative estimate of drug-likeness (QED) is 0.786. The molecule has 6 heteroatoms. The Morgan fingerprint density at radius 1 is 1.25 bits per heavy atom. The molecular formula is C14H25F3N2O. The van der Waals surface area contributed by atoms with Crippen LogP contribution in [0.3, 0.4) is 0 Å². The van der Waals surface area contributed by atoms with Crippen LogP contribution < -0.4 is 11.1 Å². The largest absolute Gasteiger partial charge is 0.401 e. The molecule has 0 radical (unpaired) electrons. The van der Waals surface area contributed by atoms with Crippen molar-refractivity contribution in [3.63, 3.8) is 0 Å². The molecule has 1 aliphatic rings. The van der Waals surface area contributed by atoms with Crippen LogP contribution >= 0.6 is 0 Å². The minimum Gasteiger partial charge on any atom is -0.368 e. The van der Waals surface area contributed by atoms with E-state index < -0.39 is 24.2 Å². The van der Waals surface area contributed by atoms with E-state index in [0.717, 1.165) is 19.3 Å². The summed E-state index contributed by atoms with van der Waals surface area (Å²) in [6.07, 6.45) is -1.22. The van der Waals surface area contributed by atoms with Crippen LogP contribution in [-0.4, -0.2) is 24.2 Å². The highest BCUT2D eigenvalue weighted by molar-refractivity contribution is 5.84. The smallest absolute Gasteiger partial charge is 0.368 e. The second kappa shape index (κ2) is 5.92. The Morgan fingerprint density at radius 3 is 2.30 bits per heavy atom. The number of primary amides is 1. The Balaban J connectivity index is 2.80. The highest BCUT2D eigenvalue weighted by atomic mass is 19.4. The first-order valence-corrected chi connectivity index (χ1v) is 7.08. The van der Waals surface area contributed by atoms with Gasteiger partial charge >= 0.3 is 6.18 Å². The molecule has 1 rings (SSSR count). The molecule has 0 bridgehead atoms. The maximum absolute atomic E-state index is 12.4. The van der Waals surface area contributed by atoms with E-state index in [1.54, 1.807) is 0 Å². The highest BCUT2D eigenvalue weighted by Crippen LogP contribution is 2.39. The zero-order valence-electron chi connectivity index (χ0n) is 12.4. The molecular weight excluding hydrogens is 269 g/mol. The molecule has 0 aromatic rings. The minimum absolute atomic E-state index is 0.0950. The fraction of sp³-hybridized carbons (Fsp3) is 0.929. The Hall–Kier alpha value is -0.780. The molecule has 0 saturated heterocycles. The normalized spacial score (nSPS) is 29.0. The van der Waals surface area contributed by atoms with Crippen molar-refractivity contribution in [2.24, 2.45) is 17.1 Å². The zero-order valence-corrected chi connectivity index (χ0v) is 12.4. The summed E-state index contributed by atoms with van der Waals surface area (Å²) in [7, 11) is 0. The molecule has 0 aromatic carbocycles. The third-order valence-corrected chi connectivity index (χ3v) is 4.40. The fourth-order valence-corrected chi connectivity index (χ4v) is 2.99. The van der Waals surface area contributed by atoms with Gasteiger partial charge in [0, 0.05) is 0 Å². The van der Waals surface area contributed by atoms with Crippen molar-refractivity contribution in [1.82, 2.24) is 5.32 Å².